The highest BCUT2D eigenvalue weighted by Crippen LogP contribution is 2.13. The van der Waals surface area contributed by atoms with Gasteiger partial charge in [-0.25, -0.2) is 0 Å². The van der Waals surface area contributed by atoms with E-state index in [1.807, 2.05) is 24.1 Å². The molecule has 4 nitrogen and oxygen atoms in total. The Labute approximate surface area is 109 Å². The van der Waals surface area contributed by atoms with E-state index in [4.69, 9.17) is 5.26 Å². The molecule has 98 valence electrons. The van der Waals surface area contributed by atoms with E-state index in [0.29, 0.717) is 24.7 Å². The van der Waals surface area contributed by atoms with Crippen LogP contribution >= 0.6 is 0 Å². The molecule has 1 aromatic rings. The first-order valence-corrected chi connectivity index (χ1v) is 6.15. The van der Waals surface area contributed by atoms with E-state index in [2.05, 4.69) is 25.2 Å². The van der Waals surface area contributed by atoms with Gasteiger partial charge in [0.15, 0.2) is 0 Å². The maximum atomic E-state index is 9.87. The number of aliphatic hydroxyl groups excluding tert-OH is 1. The number of nitrogens with zero attached hydrogens (tertiary/aromatic N) is 2. The fourth-order valence-electron chi connectivity index (χ4n) is 1.65. The fraction of sp³-hybridized carbons (Fsp3) is 0.500. The van der Waals surface area contributed by atoms with Crippen molar-refractivity contribution in [2.45, 2.75) is 26.0 Å². The number of anilines is 1. The van der Waals surface area contributed by atoms with Gasteiger partial charge < -0.3 is 15.3 Å². The van der Waals surface area contributed by atoms with Gasteiger partial charge in [-0.1, -0.05) is 13.8 Å². The molecule has 1 atom stereocenters. The molecule has 0 aromatic heterocycles. The van der Waals surface area contributed by atoms with Crippen LogP contribution in [0.5, 0.6) is 0 Å². The highest BCUT2D eigenvalue weighted by Gasteiger charge is 2.09. The van der Waals surface area contributed by atoms with Gasteiger partial charge >= 0.3 is 0 Å². The Morgan fingerprint density at radius 1 is 1.33 bits per heavy atom. The lowest BCUT2D eigenvalue weighted by molar-refractivity contribution is 0.175. The molecule has 2 N–H and O–H groups in total. The van der Waals surface area contributed by atoms with Gasteiger partial charge in [0.1, 0.15) is 0 Å². The van der Waals surface area contributed by atoms with Gasteiger partial charge in [0.2, 0.25) is 0 Å². The van der Waals surface area contributed by atoms with Crippen molar-refractivity contribution in [3.8, 4) is 6.07 Å². The second-order valence-corrected chi connectivity index (χ2v) is 4.76. The monoisotopic (exact) mass is 247 g/mol. The van der Waals surface area contributed by atoms with Crippen molar-refractivity contribution in [3.63, 3.8) is 0 Å². The van der Waals surface area contributed by atoms with Crippen LogP contribution in [-0.2, 0) is 0 Å². The maximum Gasteiger partial charge on any atom is 0.0991 e. The van der Waals surface area contributed by atoms with Crippen LogP contribution in [0.4, 0.5) is 5.69 Å². The van der Waals surface area contributed by atoms with E-state index in [1.165, 1.54) is 0 Å². The van der Waals surface area contributed by atoms with E-state index in [1.54, 1.807) is 12.1 Å². The van der Waals surface area contributed by atoms with Gasteiger partial charge in [0, 0.05) is 31.9 Å². The van der Waals surface area contributed by atoms with Crippen molar-refractivity contribution in [3.05, 3.63) is 29.8 Å². The molecule has 0 fully saturated rings. The lowest BCUT2D eigenvalue weighted by Gasteiger charge is -2.23. The van der Waals surface area contributed by atoms with Crippen LogP contribution in [0.1, 0.15) is 19.4 Å². The molecule has 0 saturated heterocycles. The molecule has 0 amide bonds. The predicted molar refractivity (Wildman–Crippen MR) is 73.6 cm³/mol. The Hall–Kier alpha value is -1.57. The Morgan fingerprint density at radius 2 is 1.94 bits per heavy atom. The number of likely N-dealkylation sites (N-methyl/N-ethyl adjacent to an activating group) is 1. The number of aliphatic hydroxyl groups is 1. The highest BCUT2D eigenvalue weighted by molar-refractivity contribution is 5.49. The first-order chi connectivity index (χ1) is 8.52. The van der Waals surface area contributed by atoms with E-state index >= 15 is 0 Å². The molecule has 0 bridgehead atoms. The summed E-state index contributed by atoms with van der Waals surface area (Å²) in [6, 6.07) is 9.81. The Balaban J connectivity index is 2.48. The number of benzene rings is 1. The SMILES string of the molecule is CC(C)NCC(O)CN(C)c1ccc(C#N)cc1. The smallest absolute Gasteiger partial charge is 0.0991 e. The Morgan fingerprint density at radius 3 is 2.44 bits per heavy atom. The van der Waals surface area contributed by atoms with Crippen LogP contribution in [0.3, 0.4) is 0 Å². The number of rotatable bonds is 6. The van der Waals surface area contributed by atoms with Crippen LogP contribution in [0.15, 0.2) is 24.3 Å². The van der Waals surface area contributed by atoms with Crippen molar-refractivity contribution >= 4 is 5.69 Å². The average molecular weight is 247 g/mol. The third-order valence-corrected chi connectivity index (χ3v) is 2.68. The van der Waals surface area contributed by atoms with Crippen molar-refractivity contribution in [2.75, 3.05) is 25.0 Å². The molecule has 0 aliphatic rings. The number of hydrogen-bond donors (Lipinski definition) is 2. The maximum absolute atomic E-state index is 9.87. The number of nitrogens with one attached hydrogen (secondary N) is 1. The summed E-state index contributed by atoms with van der Waals surface area (Å²) in [7, 11) is 1.93. The largest absolute Gasteiger partial charge is 0.390 e. The summed E-state index contributed by atoms with van der Waals surface area (Å²) in [5.74, 6) is 0. The third kappa shape index (κ3) is 4.74. The molecular weight excluding hydrogens is 226 g/mol. The second kappa shape index (κ2) is 7.00. The van der Waals surface area contributed by atoms with Crippen molar-refractivity contribution < 1.29 is 5.11 Å². The molecule has 0 radical (unpaired) electrons. The number of hydrogen-bond acceptors (Lipinski definition) is 4. The second-order valence-electron chi connectivity index (χ2n) is 4.76. The summed E-state index contributed by atoms with van der Waals surface area (Å²) >= 11 is 0. The summed E-state index contributed by atoms with van der Waals surface area (Å²) in [4.78, 5) is 1.98. The summed E-state index contributed by atoms with van der Waals surface area (Å²) in [6.07, 6.45) is -0.409. The zero-order valence-corrected chi connectivity index (χ0v) is 11.2. The molecule has 0 heterocycles. The summed E-state index contributed by atoms with van der Waals surface area (Å²) in [6.45, 7) is 5.25. The first kappa shape index (κ1) is 14.5. The molecule has 1 rings (SSSR count). The van der Waals surface area contributed by atoms with E-state index in [0.717, 1.165) is 5.69 Å². The predicted octanol–water partition coefficient (Wildman–Crippen LogP) is 1.35. The van der Waals surface area contributed by atoms with Gasteiger partial charge in [-0.3, -0.25) is 0 Å². The van der Waals surface area contributed by atoms with Gasteiger partial charge in [-0.05, 0) is 24.3 Å². The lowest BCUT2D eigenvalue weighted by Crippen LogP contribution is -2.38. The van der Waals surface area contributed by atoms with Gasteiger partial charge in [-0.15, -0.1) is 0 Å². The number of nitriles is 1. The van der Waals surface area contributed by atoms with Gasteiger partial charge in [0.25, 0.3) is 0 Å². The highest BCUT2D eigenvalue weighted by atomic mass is 16.3. The summed E-state index contributed by atoms with van der Waals surface area (Å²) in [5.41, 5.74) is 1.65. The Kier molecular flexibility index (Phi) is 5.63. The van der Waals surface area contributed by atoms with Gasteiger partial charge in [-0.2, -0.15) is 5.26 Å². The standard InChI is InChI=1S/C14H21N3O/c1-11(2)16-9-14(18)10-17(3)13-6-4-12(8-15)5-7-13/h4-7,11,14,16,18H,9-10H2,1-3H3. The van der Waals surface area contributed by atoms with Crippen LogP contribution in [0.25, 0.3) is 0 Å². The third-order valence-electron chi connectivity index (χ3n) is 2.68. The first-order valence-electron chi connectivity index (χ1n) is 6.15. The average Bonchev–Trinajstić information content (AvgIpc) is 2.36. The molecule has 0 aliphatic heterocycles. The van der Waals surface area contributed by atoms with Gasteiger partial charge in [0.05, 0.1) is 17.7 Å². The van der Waals surface area contributed by atoms with Crippen molar-refractivity contribution in [1.29, 1.82) is 5.26 Å². The van der Waals surface area contributed by atoms with Crippen LogP contribution in [0, 0.1) is 11.3 Å². The summed E-state index contributed by atoms with van der Waals surface area (Å²) in [5, 5.41) is 21.8. The summed E-state index contributed by atoms with van der Waals surface area (Å²) < 4.78 is 0. The van der Waals surface area contributed by atoms with E-state index < -0.39 is 6.10 Å². The topological polar surface area (TPSA) is 59.3 Å². The molecule has 4 heteroatoms. The molecule has 18 heavy (non-hydrogen) atoms. The van der Waals surface area contributed by atoms with Crippen LogP contribution in [-0.4, -0.2) is 37.4 Å². The van der Waals surface area contributed by atoms with Crippen molar-refractivity contribution in [1.82, 2.24) is 5.32 Å². The van der Waals surface area contributed by atoms with Crippen molar-refractivity contribution in [2.24, 2.45) is 0 Å². The molecule has 0 spiro atoms. The molecule has 0 aliphatic carbocycles. The molecule has 0 saturated carbocycles. The molecular formula is C14H21N3O. The zero-order chi connectivity index (χ0) is 13.5. The normalized spacial score (nSPS) is 12.2. The van der Waals surface area contributed by atoms with Crippen LogP contribution in [0.2, 0.25) is 0 Å². The quantitative estimate of drug-likeness (QED) is 0.796. The molecule has 1 unspecified atom stereocenters. The minimum Gasteiger partial charge on any atom is -0.390 e. The lowest BCUT2D eigenvalue weighted by atomic mass is 10.2. The molecule has 1 aromatic carbocycles. The van der Waals surface area contributed by atoms with Crippen LogP contribution < -0.4 is 10.2 Å². The zero-order valence-electron chi connectivity index (χ0n) is 11.2. The Bertz CT molecular complexity index is 394. The minimum absolute atomic E-state index is 0.375. The van der Waals surface area contributed by atoms with E-state index in [-0.39, 0.29) is 0 Å². The minimum atomic E-state index is -0.409. The van der Waals surface area contributed by atoms with E-state index in [9.17, 15) is 5.11 Å². The fourth-order valence-corrected chi connectivity index (χ4v) is 1.65.